The number of carboxylic acids is 1. The second kappa shape index (κ2) is 12.9. The molecule has 0 heterocycles. The topological polar surface area (TPSA) is 105 Å². The number of anilines is 2. The largest absolute Gasteiger partial charge is 0.482 e. The molecule has 0 aliphatic heterocycles. The van der Waals surface area contributed by atoms with Gasteiger partial charge in [-0.2, -0.15) is 0 Å². The Morgan fingerprint density at radius 3 is 2.34 bits per heavy atom. The lowest BCUT2D eigenvalue weighted by Gasteiger charge is -2.28. The first-order valence-corrected chi connectivity index (χ1v) is 14.7. The van der Waals surface area contributed by atoms with Crippen LogP contribution in [0.1, 0.15) is 16.7 Å². The summed E-state index contributed by atoms with van der Waals surface area (Å²) in [5, 5.41) is 9.10. The van der Waals surface area contributed by atoms with Gasteiger partial charge in [-0.25, -0.2) is 17.6 Å². The van der Waals surface area contributed by atoms with E-state index in [0.717, 1.165) is 17.5 Å². The van der Waals surface area contributed by atoms with Crippen molar-refractivity contribution in [1.82, 2.24) is 0 Å². The van der Waals surface area contributed by atoms with Gasteiger partial charge < -0.3 is 19.5 Å². The van der Waals surface area contributed by atoms with E-state index < -0.39 is 28.4 Å². The molecular weight excluding hydrogens is 571 g/mol. The zero-order chi connectivity index (χ0) is 29.6. The number of benzene rings is 4. The number of rotatable bonds is 12. The van der Waals surface area contributed by atoms with Crippen molar-refractivity contribution in [1.29, 1.82) is 0 Å². The highest BCUT2D eigenvalue weighted by atomic mass is 35.5. The summed E-state index contributed by atoms with van der Waals surface area (Å²) in [4.78, 5) is 12.7. The van der Waals surface area contributed by atoms with E-state index >= 15 is 0 Å². The van der Waals surface area contributed by atoms with Gasteiger partial charge in [-0.05, 0) is 66.6 Å². The predicted molar refractivity (Wildman–Crippen MR) is 157 cm³/mol. The van der Waals surface area contributed by atoms with Crippen molar-refractivity contribution >= 4 is 39.0 Å². The van der Waals surface area contributed by atoms with Crippen molar-refractivity contribution in [2.75, 3.05) is 22.5 Å². The Morgan fingerprint density at radius 2 is 1.66 bits per heavy atom. The van der Waals surface area contributed by atoms with Crippen molar-refractivity contribution < 1.29 is 32.2 Å². The molecule has 0 atom stereocenters. The van der Waals surface area contributed by atoms with Crippen LogP contribution >= 0.6 is 11.6 Å². The van der Waals surface area contributed by atoms with E-state index in [0.29, 0.717) is 45.6 Å². The zero-order valence-corrected chi connectivity index (χ0v) is 23.9. The van der Waals surface area contributed by atoms with E-state index in [4.69, 9.17) is 26.2 Å². The first-order valence-electron chi connectivity index (χ1n) is 12.4. The molecule has 0 amide bonds. The van der Waals surface area contributed by atoms with E-state index in [1.165, 1.54) is 6.07 Å². The van der Waals surface area contributed by atoms with Crippen LogP contribution < -0.4 is 19.1 Å². The molecule has 0 aliphatic rings. The minimum absolute atomic E-state index is 0.202. The van der Waals surface area contributed by atoms with Crippen LogP contribution in [0.5, 0.6) is 17.2 Å². The highest BCUT2D eigenvalue weighted by Gasteiger charge is 2.17. The smallest absolute Gasteiger partial charge is 0.341 e. The van der Waals surface area contributed by atoms with Crippen LogP contribution in [0.3, 0.4) is 0 Å². The maximum atomic E-state index is 14.8. The summed E-state index contributed by atoms with van der Waals surface area (Å²) in [7, 11) is -3.50. The third-order valence-electron chi connectivity index (χ3n) is 6.02. The normalized spacial score (nSPS) is 11.1. The van der Waals surface area contributed by atoms with Gasteiger partial charge in [0.25, 0.3) is 0 Å². The van der Waals surface area contributed by atoms with Gasteiger partial charge in [-0.3, -0.25) is 4.72 Å². The number of hydrogen-bond acceptors (Lipinski definition) is 6. The first kappa shape index (κ1) is 29.7. The van der Waals surface area contributed by atoms with Crippen LogP contribution in [-0.4, -0.2) is 32.4 Å². The molecule has 0 aromatic heterocycles. The fraction of sp³-hybridized carbons (Fsp3) is 0.167. The molecule has 0 fully saturated rings. The maximum absolute atomic E-state index is 14.8. The maximum Gasteiger partial charge on any atom is 0.341 e. The van der Waals surface area contributed by atoms with Crippen LogP contribution in [-0.2, 0) is 27.9 Å². The number of ether oxygens (including phenoxy) is 2. The summed E-state index contributed by atoms with van der Waals surface area (Å²) in [6.45, 7) is 1.93. The third-order valence-corrected chi connectivity index (χ3v) is 6.84. The lowest BCUT2D eigenvalue weighted by atomic mass is 10.1. The Morgan fingerprint density at radius 1 is 0.951 bits per heavy atom. The second-order valence-corrected chi connectivity index (χ2v) is 11.5. The number of halogens is 2. The van der Waals surface area contributed by atoms with Crippen LogP contribution in [0.4, 0.5) is 15.8 Å². The molecule has 0 radical (unpaired) electrons. The molecule has 0 saturated heterocycles. The van der Waals surface area contributed by atoms with Gasteiger partial charge >= 0.3 is 5.97 Å². The van der Waals surface area contributed by atoms with Crippen molar-refractivity contribution in [3.63, 3.8) is 0 Å². The molecular formula is C30H28ClFN2O6S. The first-order chi connectivity index (χ1) is 19.5. The number of nitrogens with one attached hydrogen (secondary N) is 1. The van der Waals surface area contributed by atoms with Gasteiger partial charge in [0.15, 0.2) is 6.61 Å². The molecule has 11 heteroatoms. The number of nitrogens with zero attached hydrogens (tertiary/aromatic N) is 1. The lowest BCUT2D eigenvalue weighted by Crippen LogP contribution is -2.24. The highest BCUT2D eigenvalue weighted by molar-refractivity contribution is 7.92. The quantitative estimate of drug-likeness (QED) is 0.189. The van der Waals surface area contributed by atoms with Crippen molar-refractivity contribution in [3.8, 4) is 17.2 Å². The number of aliphatic carboxylic acids is 1. The van der Waals surface area contributed by atoms with Crippen LogP contribution in [0, 0.1) is 12.7 Å². The SMILES string of the molecule is Cc1c(NS(C)(=O)=O)cccc1N(Cc1ccc(Oc2cccc(OCC(=O)O)c2)cc1)Cc1ccc(Cl)cc1F. The molecule has 0 aliphatic carbocycles. The van der Waals surface area contributed by atoms with Crippen molar-refractivity contribution in [2.45, 2.75) is 20.0 Å². The fourth-order valence-electron chi connectivity index (χ4n) is 4.15. The monoisotopic (exact) mass is 598 g/mol. The summed E-state index contributed by atoms with van der Waals surface area (Å²) < 4.78 is 52.2. The lowest BCUT2D eigenvalue weighted by molar-refractivity contribution is -0.139. The molecule has 0 bridgehead atoms. The molecule has 0 saturated carbocycles. The molecule has 4 rings (SSSR count). The number of sulfonamides is 1. The van der Waals surface area contributed by atoms with Crippen molar-refractivity contribution in [2.24, 2.45) is 0 Å². The van der Waals surface area contributed by atoms with Crippen LogP contribution in [0.2, 0.25) is 5.02 Å². The minimum Gasteiger partial charge on any atom is -0.482 e. The highest BCUT2D eigenvalue weighted by Crippen LogP contribution is 2.31. The third kappa shape index (κ3) is 8.60. The van der Waals surface area contributed by atoms with Gasteiger partial charge in [0.05, 0.1) is 11.9 Å². The zero-order valence-electron chi connectivity index (χ0n) is 22.3. The van der Waals surface area contributed by atoms with Gasteiger partial charge in [-0.15, -0.1) is 0 Å². The molecule has 8 nitrogen and oxygen atoms in total. The number of hydrogen-bond donors (Lipinski definition) is 2. The molecule has 0 spiro atoms. The van der Waals surface area contributed by atoms with Gasteiger partial charge in [0, 0.05) is 35.4 Å². The van der Waals surface area contributed by atoms with Crippen molar-refractivity contribution in [3.05, 3.63) is 112 Å². The van der Waals surface area contributed by atoms with E-state index in [-0.39, 0.29) is 6.54 Å². The van der Waals surface area contributed by atoms with Gasteiger partial charge in [-0.1, -0.05) is 41.9 Å². The summed E-state index contributed by atoms with van der Waals surface area (Å²) in [6.07, 6.45) is 1.09. The van der Waals surface area contributed by atoms with Crippen LogP contribution in [0.25, 0.3) is 0 Å². The fourth-order valence-corrected chi connectivity index (χ4v) is 4.93. The molecule has 0 unspecified atom stereocenters. The average molecular weight is 599 g/mol. The standard InChI is InChI=1S/C30H28ClFN2O6S/c1-20-28(33-41(2,37)38)7-4-8-29(20)34(18-22-11-12-23(31)15-27(22)32)17-21-9-13-24(14-10-21)40-26-6-3-5-25(16-26)39-19-30(35)36/h3-16,33H,17-19H2,1-2H3,(H,35,36). The van der Waals surface area contributed by atoms with E-state index in [1.54, 1.807) is 67.6 Å². The summed E-state index contributed by atoms with van der Waals surface area (Å²) in [5.41, 5.74) is 3.18. The Balaban J connectivity index is 1.58. The van der Waals surface area contributed by atoms with Gasteiger partial charge in [0.1, 0.15) is 23.1 Å². The molecule has 2 N–H and O–H groups in total. The average Bonchev–Trinajstić information content (AvgIpc) is 2.90. The minimum atomic E-state index is -3.50. The van der Waals surface area contributed by atoms with E-state index in [1.807, 2.05) is 23.1 Å². The summed E-state index contributed by atoms with van der Waals surface area (Å²) in [5.74, 6) is -0.118. The second-order valence-electron chi connectivity index (χ2n) is 9.32. The molecule has 4 aromatic carbocycles. The predicted octanol–water partition coefficient (Wildman–Crippen LogP) is 6.62. The van der Waals surface area contributed by atoms with E-state index in [9.17, 15) is 17.6 Å². The molecule has 214 valence electrons. The van der Waals surface area contributed by atoms with Crippen LogP contribution in [0.15, 0.2) is 84.9 Å². The Kier molecular flexibility index (Phi) is 9.36. The van der Waals surface area contributed by atoms with Gasteiger partial charge in [0.2, 0.25) is 10.0 Å². The Bertz CT molecular complexity index is 1650. The molecule has 41 heavy (non-hydrogen) atoms. The van der Waals surface area contributed by atoms with E-state index in [2.05, 4.69) is 4.72 Å². The summed E-state index contributed by atoms with van der Waals surface area (Å²) >= 11 is 5.96. The number of carbonyl (C=O) groups is 1. The Hall–Kier alpha value is -4.28. The molecule has 4 aromatic rings. The number of carboxylic acid groups (broad SMARTS) is 1. The summed E-state index contributed by atoms with van der Waals surface area (Å²) in [6, 6.07) is 23.8. The Labute approximate surface area is 243 Å².